The van der Waals surface area contributed by atoms with Crippen molar-refractivity contribution < 1.29 is 0 Å². The van der Waals surface area contributed by atoms with Crippen LogP contribution in [0.2, 0.25) is 0 Å². The van der Waals surface area contributed by atoms with Gasteiger partial charge in [-0.05, 0) is 18.6 Å². The molecule has 0 bridgehead atoms. The molecule has 2 heterocycles. The summed E-state index contributed by atoms with van der Waals surface area (Å²) in [5.41, 5.74) is 7.75. The lowest BCUT2D eigenvalue weighted by Gasteiger charge is -2.24. The van der Waals surface area contributed by atoms with Gasteiger partial charge in [-0.15, -0.1) is 11.3 Å². The smallest absolute Gasteiger partial charge is 0.135 e. The molecule has 3 rings (SSSR count). The van der Waals surface area contributed by atoms with Crippen LogP contribution in [-0.4, -0.2) is 17.1 Å². The third-order valence-electron chi connectivity index (χ3n) is 3.23. The molecule has 1 aromatic heterocycles. The van der Waals surface area contributed by atoms with Crippen molar-refractivity contribution in [1.82, 2.24) is 4.98 Å². The highest BCUT2D eigenvalue weighted by Gasteiger charge is 2.26. The van der Waals surface area contributed by atoms with Gasteiger partial charge in [-0.1, -0.05) is 30.3 Å². The van der Waals surface area contributed by atoms with Gasteiger partial charge in [0, 0.05) is 17.4 Å². The summed E-state index contributed by atoms with van der Waals surface area (Å²) in [6.07, 6.45) is 3.01. The van der Waals surface area contributed by atoms with E-state index in [-0.39, 0.29) is 5.54 Å². The first-order valence-corrected chi connectivity index (χ1v) is 7.38. The lowest BCUT2D eigenvalue weighted by atomic mass is 9.90. The van der Waals surface area contributed by atoms with E-state index in [2.05, 4.69) is 40.3 Å². The molecule has 1 aliphatic rings. The Morgan fingerprint density at radius 3 is 2.80 bits per heavy atom. The molecule has 0 saturated heterocycles. The van der Waals surface area contributed by atoms with Crippen LogP contribution in [0.25, 0.3) is 5.57 Å². The predicted octanol–water partition coefficient (Wildman–Crippen LogP) is 3.58. The number of hydrogen-bond donors (Lipinski definition) is 1. The summed E-state index contributed by atoms with van der Waals surface area (Å²) < 4.78 is 0. The second-order valence-corrected chi connectivity index (χ2v) is 6.02. The predicted molar refractivity (Wildman–Crippen MR) is 82.8 cm³/mol. The maximum atomic E-state index is 5.69. The first-order valence-electron chi connectivity index (χ1n) is 6.50. The van der Waals surface area contributed by atoms with E-state index in [9.17, 15) is 0 Å². The van der Waals surface area contributed by atoms with Crippen molar-refractivity contribution in [2.75, 3.05) is 12.3 Å². The Morgan fingerprint density at radius 2 is 2.10 bits per heavy atom. The van der Waals surface area contributed by atoms with Gasteiger partial charge in [0.15, 0.2) is 0 Å². The summed E-state index contributed by atoms with van der Waals surface area (Å²) in [6, 6.07) is 10.3. The Kier molecular flexibility index (Phi) is 3.36. The van der Waals surface area contributed by atoms with Crippen LogP contribution in [0.3, 0.4) is 0 Å². The zero-order chi connectivity index (χ0) is 14.0. The number of nitrogens with zero attached hydrogens (tertiary/aromatic N) is 3. The molecule has 1 aliphatic heterocycles. The average Bonchev–Trinajstić information content (AvgIpc) is 2.86. The zero-order valence-electron chi connectivity index (χ0n) is 11.3. The Morgan fingerprint density at radius 1 is 1.30 bits per heavy atom. The van der Waals surface area contributed by atoms with Crippen LogP contribution in [-0.2, 0) is 6.42 Å². The number of benzene rings is 1. The molecule has 0 fully saturated rings. The summed E-state index contributed by atoms with van der Waals surface area (Å²) in [5, 5.41) is 11.5. The van der Waals surface area contributed by atoms with Crippen LogP contribution < -0.4 is 5.73 Å². The molecular formula is C15H16N4S. The second-order valence-electron chi connectivity index (χ2n) is 5.17. The molecule has 4 nitrogen and oxygen atoms in total. The fourth-order valence-corrected chi connectivity index (χ4v) is 3.10. The highest BCUT2D eigenvalue weighted by molar-refractivity contribution is 7.11. The fourth-order valence-electron chi connectivity index (χ4n) is 2.38. The van der Waals surface area contributed by atoms with Gasteiger partial charge in [0.05, 0.1) is 6.54 Å². The Hall–Kier alpha value is -2.01. The van der Waals surface area contributed by atoms with Gasteiger partial charge in [0.1, 0.15) is 16.4 Å². The SMILES string of the molecule is CC1(Cc2ccccc2)C=C(c2nc(N)cs2)CN=N1. The minimum absolute atomic E-state index is 0.310. The van der Waals surface area contributed by atoms with Crippen molar-refractivity contribution in [1.29, 1.82) is 0 Å². The molecular weight excluding hydrogens is 268 g/mol. The standard InChI is InChI=1S/C15H16N4S/c1-15(7-11-5-3-2-4-6-11)8-12(9-17-19-15)14-18-13(16)10-20-14/h2-6,8,10H,7,9,16H2,1H3. The fraction of sp³-hybridized carbons (Fsp3) is 0.267. The monoisotopic (exact) mass is 284 g/mol. The van der Waals surface area contributed by atoms with Gasteiger partial charge in [-0.3, -0.25) is 0 Å². The quantitative estimate of drug-likeness (QED) is 0.936. The normalized spacial score (nSPS) is 21.8. The summed E-state index contributed by atoms with van der Waals surface area (Å²) in [4.78, 5) is 4.33. The number of azo groups is 1. The van der Waals surface area contributed by atoms with Crippen LogP contribution in [0.1, 0.15) is 17.5 Å². The van der Waals surface area contributed by atoms with Crippen molar-refractivity contribution in [2.45, 2.75) is 18.9 Å². The first kappa shape index (κ1) is 13.0. The summed E-state index contributed by atoms with van der Waals surface area (Å²) in [6.45, 7) is 2.68. The highest BCUT2D eigenvalue weighted by atomic mass is 32.1. The van der Waals surface area contributed by atoms with E-state index in [1.807, 2.05) is 23.6 Å². The Bertz CT molecular complexity index is 660. The van der Waals surface area contributed by atoms with Crippen molar-refractivity contribution in [3.63, 3.8) is 0 Å². The highest BCUT2D eigenvalue weighted by Crippen LogP contribution is 2.31. The molecule has 2 N–H and O–H groups in total. The summed E-state index contributed by atoms with van der Waals surface area (Å²) >= 11 is 1.56. The number of thiazole rings is 1. The van der Waals surface area contributed by atoms with Crippen molar-refractivity contribution in [2.24, 2.45) is 10.2 Å². The largest absolute Gasteiger partial charge is 0.383 e. The molecule has 5 heteroatoms. The second kappa shape index (κ2) is 5.17. The molecule has 0 aliphatic carbocycles. The topological polar surface area (TPSA) is 63.6 Å². The van der Waals surface area contributed by atoms with Gasteiger partial charge in [-0.25, -0.2) is 4.98 Å². The van der Waals surface area contributed by atoms with Crippen LogP contribution in [0.5, 0.6) is 0 Å². The maximum absolute atomic E-state index is 5.69. The molecule has 20 heavy (non-hydrogen) atoms. The van der Waals surface area contributed by atoms with Crippen LogP contribution >= 0.6 is 11.3 Å². The molecule has 0 amide bonds. The maximum Gasteiger partial charge on any atom is 0.135 e. The number of nitrogens with two attached hydrogens (primary N) is 1. The van der Waals surface area contributed by atoms with Crippen molar-refractivity contribution in [3.05, 3.63) is 52.4 Å². The Labute approximate surface area is 122 Å². The minimum Gasteiger partial charge on any atom is -0.383 e. The number of nitrogen functional groups attached to an aromatic ring is 1. The van der Waals surface area contributed by atoms with E-state index in [0.29, 0.717) is 12.4 Å². The molecule has 1 unspecified atom stereocenters. The molecule has 0 radical (unpaired) electrons. The molecule has 2 aromatic rings. The van der Waals surface area contributed by atoms with E-state index in [0.717, 1.165) is 17.0 Å². The molecule has 1 aromatic carbocycles. The van der Waals surface area contributed by atoms with Gasteiger partial charge in [-0.2, -0.15) is 10.2 Å². The van der Waals surface area contributed by atoms with Gasteiger partial charge < -0.3 is 5.73 Å². The van der Waals surface area contributed by atoms with E-state index < -0.39 is 0 Å². The van der Waals surface area contributed by atoms with E-state index >= 15 is 0 Å². The first-order chi connectivity index (χ1) is 9.65. The lowest BCUT2D eigenvalue weighted by Crippen LogP contribution is -2.25. The summed E-state index contributed by atoms with van der Waals surface area (Å²) in [5.74, 6) is 0.568. The lowest BCUT2D eigenvalue weighted by molar-refractivity contribution is 0.537. The van der Waals surface area contributed by atoms with E-state index in [1.54, 1.807) is 11.3 Å². The van der Waals surface area contributed by atoms with Crippen LogP contribution in [0.15, 0.2) is 52.0 Å². The van der Waals surface area contributed by atoms with Crippen LogP contribution in [0.4, 0.5) is 5.82 Å². The van der Waals surface area contributed by atoms with Gasteiger partial charge >= 0.3 is 0 Å². The van der Waals surface area contributed by atoms with E-state index in [1.165, 1.54) is 5.56 Å². The minimum atomic E-state index is -0.310. The van der Waals surface area contributed by atoms with Gasteiger partial charge in [0.2, 0.25) is 0 Å². The third kappa shape index (κ3) is 2.77. The number of anilines is 1. The van der Waals surface area contributed by atoms with Gasteiger partial charge in [0.25, 0.3) is 0 Å². The number of hydrogen-bond acceptors (Lipinski definition) is 5. The van der Waals surface area contributed by atoms with E-state index in [4.69, 9.17) is 5.73 Å². The molecule has 102 valence electrons. The Balaban J connectivity index is 1.87. The zero-order valence-corrected chi connectivity index (χ0v) is 12.1. The summed E-state index contributed by atoms with van der Waals surface area (Å²) in [7, 11) is 0. The number of aromatic nitrogens is 1. The molecule has 0 saturated carbocycles. The van der Waals surface area contributed by atoms with Crippen LogP contribution in [0, 0.1) is 0 Å². The average molecular weight is 284 g/mol. The molecule has 0 spiro atoms. The molecule has 1 atom stereocenters. The van der Waals surface area contributed by atoms with Crippen molar-refractivity contribution >= 4 is 22.7 Å². The number of rotatable bonds is 3. The third-order valence-corrected chi connectivity index (χ3v) is 4.16. The van der Waals surface area contributed by atoms with Crippen molar-refractivity contribution in [3.8, 4) is 0 Å².